The maximum absolute atomic E-state index is 12.8. The number of carbonyl (C=O) groups is 2. The number of fused-ring (bicyclic) bond motifs is 3. The minimum absolute atomic E-state index is 0.00984. The second-order valence-electron chi connectivity index (χ2n) is 6.56. The number of amides is 1. The van der Waals surface area contributed by atoms with E-state index in [0.717, 1.165) is 37.9 Å². The van der Waals surface area contributed by atoms with E-state index in [1.807, 2.05) is 23.1 Å². The number of likely N-dealkylation sites (tertiary alicyclic amines) is 1. The average Bonchev–Trinajstić information content (AvgIpc) is 3.23. The molecule has 1 saturated heterocycles. The van der Waals surface area contributed by atoms with Crippen LogP contribution in [-0.4, -0.2) is 35.9 Å². The molecule has 23 heavy (non-hydrogen) atoms. The van der Waals surface area contributed by atoms with Gasteiger partial charge in [-0.2, -0.15) is 0 Å². The van der Waals surface area contributed by atoms with Crippen molar-refractivity contribution in [2.75, 3.05) is 18.4 Å². The van der Waals surface area contributed by atoms with E-state index in [-0.39, 0.29) is 17.7 Å². The number of allylic oxidation sites excluding steroid dienone is 2. The summed E-state index contributed by atoms with van der Waals surface area (Å²) < 4.78 is 0. The van der Waals surface area contributed by atoms with Crippen molar-refractivity contribution in [1.82, 2.24) is 4.90 Å². The molecule has 0 aromatic heterocycles. The average molecular weight is 311 g/mol. The molecule has 0 bridgehead atoms. The second kappa shape index (κ2) is 5.41. The molecule has 2 heterocycles. The van der Waals surface area contributed by atoms with Crippen LogP contribution in [0.1, 0.15) is 41.1 Å². The Kier molecular flexibility index (Phi) is 3.36. The van der Waals surface area contributed by atoms with Gasteiger partial charge < -0.3 is 20.1 Å². The van der Waals surface area contributed by atoms with E-state index in [1.54, 1.807) is 6.07 Å². The molecular weight excluding hydrogens is 292 g/mol. The molecule has 4 rings (SSSR count). The smallest absolute Gasteiger partial charge is 0.255 e. The molecule has 1 amide bonds. The van der Waals surface area contributed by atoms with E-state index >= 15 is 0 Å². The van der Waals surface area contributed by atoms with Crippen LogP contribution in [0.4, 0.5) is 5.69 Å². The molecule has 3 aliphatic rings. The van der Waals surface area contributed by atoms with Crippen LogP contribution >= 0.6 is 0 Å². The maximum atomic E-state index is 12.8. The fraction of sp³-hybridized carbons (Fsp3) is 0.444. The number of anilines is 1. The molecule has 120 valence electrons. The molecule has 0 spiro atoms. The van der Waals surface area contributed by atoms with Crippen LogP contribution in [-0.2, 0) is 4.79 Å². The molecule has 3 atom stereocenters. The van der Waals surface area contributed by atoms with E-state index in [0.29, 0.717) is 11.3 Å². The Bertz CT molecular complexity index is 692. The highest BCUT2D eigenvalue weighted by atomic mass is 16.4. The Balaban J connectivity index is 1.77. The Hall–Kier alpha value is -2.30. The van der Waals surface area contributed by atoms with Crippen molar-refractivity contribution in [3.8, 4) is 0 Å². The summed E-state index contributed by atoms with van der Waals surface area (Å²) in [5.41, 5.74) is 2.27. The molecule has 1 N–H and O–H groups in total. The van der Waals surface area contributed by atoms with Gasteiger partial charge in [-0.1, -0.05) is 24.3 Å². The lowest BCUT2D eigenvalue weighted by Crippen LogP contribution is -2.49. The molecule has 5 nitrogen and oxygen atoms in total. The lowest BCUT2D eigenvalue weighted by Gasteiger charge is -2.38. The van der Waals surface area contributed by atoms with Crippen molar-refractivity contribution >= 4 is 17.6 Å². The number of nitrogens with one attached hydrogen (secondary N) is 1. The fourth-order valence-corrected chi connectivity index (χ4v) is 4.12. The molecule has 1 aliphatic carbocycles. The standard InChI is InChI=1S/C18H20N2O3/c21-17(20-9-1-2-10-20)14-8-4-6-12-11-5-3-7-13(11)16(18(22)23)19-15(12)14/h3-6,8,11,13,16,19H,1-2,7,9-10H2,(H,22,23)/p-1/t11-,13+,16+/m1/s1. The molecule has 0 saturated carbocycles. The van der Waals surface area contributed by atoms with Gasteiger partial charge in [0.2, 0.25) is 0 Å². The van der Waals surface area contributed by atoms with Gasteiger partial charge in [-0.3, -0.25) is 4.79 Å². The zero-order valence-electron chi connectivity index (χ0n) is 12.8. The van der Waals surface area contributed by atoms with E-state index < -0.39 is 12.0 Å². The predicted octanol–water partition coefficient (Wildman–Crippen LogP) is 1.13. The molecule has 0 radical (unpaired) electrons. The molecular formula is C18H19N2O3-. The van der Waals surface area contributed by atoms with Crippen molar-refractivity contribution in [3.63, 3.8) is 0 Å². The normalized spacial score (nSPS) is 28.2. The number of para-hydroxylation sites is 1. The first-order valence-electron chi connectivity index (χ1n) is 8.23. The van der Waals surface area contributed by atoms with Gasteiger partial charge in [0.1, 0.15) is 0 Å². The van der Waals surface area contributed by atoms with Crippen LogP contribution in [0.5, 0.6) is 0 Å². The number of rotatable bonds is 2. The van der Waals surface area contributed by atoms with Crippen molar-refractivity contribution < 1.29 is 14.7 Å². The highest BCUT2D eigenvalue weighted by molar-refractivity contribution is 6.01. The highest BCUT2D eigenvalue weighted by Gasteiger charge is 2.39. The largest absolute Gasteiger partial charge is 0.548 e. The first kappa shape index (κ1) is 14.3. The first-order chi connectivity index (χ1) is 11.2. The topological polar surface area (TPSA) is 72.5 Å². The third-order valence-electron chi connectivity index (χ3n) is 5.27. The van der Waals surface area contributed by atoms with Crippen molar-refractivity contribution in [1.29, 1.82) is 0 Å². The van der Waals surface area contributed by atoms with Gasteiger partial charge in [0, 0.05) is 19.0 Å². The zero-order valence-corrected chi connectivity index (χ0v) is 12.8. The lowest BCUT2D eigenvalue weighted by molar-refractivity contribution is -0.308. The number of carboxylic acid groups (broad SMARTS) is 1. The van der Waals surface area contributed by atoms with Gasteiger partial charge in [0.05, 0.1) is 23.3 Å². The van der Waals surface area contributed by atoms with E-state index in [9.17, 15) is 14.7 Å². The highest BCUT2D eigenvalue weighted by Crippen LogP contribution is 2.45. The maximum Gasteiger partial charge on any atom is 0.255 e. The Morgan fingerprint density at radius 3 is 2.74 bits per heavy atom. The Labute approximate surface area is 135 Å². The van der Waals surface area contributed by atoms with Crippen molar-refractivity contribution in [3.05, 3.63) is 41.5 Å². The number of aliphatic carboxylic acids is 1. The van der Waals surface area contributed by atoms with Crippen molar-refractivity contribution in [2.24, 2.45) is 5.92 Å². The molecule has 0 unspecified atom stereocenters. The van der Waals surface area contributed by atoms with E-state index in [4.69, 9.17) is 0 Å². The van der Waals surface area contributed by atoms with Crippen LogP contribution in [0, 0.1) is 5.92 Å². The van der Waals surface area contributed by atoms with Gasteiger partial charge in [-0.05, 0) is 36.8 Å². The van der Waals surface area contributed by atoms with E-state index in [2.05, 4.69) is 11.4 Å². The summed E-state index contributed by atoms with van der Waals surface area (Å²) >= 11 is 0. The summed E-state index contributed by atoms with van der Waals surface area (Å²) in [4.78, 5) is 26.2. The summed E-state index contributed by atoms with van der Waals surface area (Å²) in [6, 6.07) is 4.92. The third-order valence-corrected chi connectivity index (χ3v) is 5.27. The number of carbonyl (C=O) groups excluding carboxylic acids is 2. The number of benzene rings is 1. The van der Waals surface area contributed by atoms with Crippen LogP contribution in [0.15, 0.2) is 30.4 Å². The van der Waals surface area contributed by atoms with Crippen LogP contribution < -0.4 is 10.4 Å². The quantitative estimate of drug-likeness (QED) is 0.831. The van der Waals surface area contributed by atoms with Gasteiger partial charge in [0.15, 0.2) is 0 Å². The summed E-state index contributed by atoms with van der Waals surface area (Å²) in [7, 11) is 0. The summed E-state index contributed by atoms with van der Waals surface area (Å²) in [6.07, 6.45) is 6.87. The monoisotopic (exact) mass is 311 g/mol. The van der Waals surface area contributed by atoms with Crippen LogP contribution in [0.25, 0.3) is 0 Å². The summed E-state index contributed by atoms with van der Waals surface area (Å²) in [5.74, 6) is -1.10. The number of hydrogen-bond acceptors (Lipinski definition) is 4. The molecule has 1 aromatic carbocycles. The van der Waals surface area contributed by atoms with E-state index in [1.165, 1.54) is 0 Å². The molecule has 2 aliphatic heterocycles. The third kappa shape index (κ3) is 2.22. The second-order valence-corrected chi connectivity index (χ2v) is 6.56. The zero-order chi connectivity index (χ0) is 16.0. The minimum atomic E-state index is -1.10. The van der Waals surface area contributed by atoms with Crippen LogP contribution in [0.2, 0.25) is 0 Å². The van der Waals surface area contributed by atoms with Crippen molar-refractivity contribution in [2.45, 2.75) is 31.2 Å². The fourth-order valence-electron chi connectivity index (χ4n) is 4.12. The van der Waals surface area contributed by atoms with Gasteiger partial charge >= 0.3 is 0 Å². The molecule has 1 fully saturated rings. The molecule has 1 aromatic rings. The minimum Gasteiger partial charge on any atom is -0.548 e. The number of nitrogens with zero attached hydrogens (tertiary/aromatic N) is 1. The van der Waals surface area contributed by atoms with Gasteiger partial charge in [0.25, 0.3) is 5.91 Å². The number of hydrogen-bond donors (Lipinski definition) is 1. The molecule has 5 heteroatoms. The lowest BCUT2D eigenvalue weighted by atomic mass is 9.78. The first-order valence-corrected chi connectivity index (χ1v) is 8.23. The summed E-state index contributed by atoms with van der Waals surface area (Å²) in [5, 5.41) is 14.6. The predicted molar refractivity (Wildman–Crippen MR) is 84.0 cm³/mol. The van der Waals surface area contributed by atoms with Crippen LogP contribution in [0.3, 0.4) is 0 Å². The Morgan fingerprint density at radius 1 is 1.22 bits per heavy atom. The SMILES string of the molecule is O=C([O-])[C@H]1Nc2c(C(=O)N3CCCC3)cccc2[C@H]2C=CC[C@H]12. The Morgan fingerprint density at radius 2 is 2.00 bits per heavy atom. The number of carboxylic acids is 1. The summed E-state index contributed by atoms with van der Waals surface area (Å²) in [6.45, 7) is 1.55. The van der Waals surface area contributed by atoms with Gasteiger partial charge in [-0.15, -0.1) is 0 Å². The van der Waals surface area contributed by atoms with Gasteiger partial charge in [-0.25, -0.2) is 0 Å².